The molecule has 1 aliphatic heterocycles. The smallest absolute Gasteiger partial charge is 0.253 e. The highest BCUT2D eigenvalue weighted by molar-refractivity contribution is 5.80. The summed E-state index contributed by atoms with van der Waals surface area (Å²) in [6, 6.07) is 17.4. The fourth-order valence-electron chi connectivity index (χ4n) is 4.48. The summed E-state index contributed by atoms with van der Waals surface area (Å²) in [5.74, 6) is 1.43. The van der Waals surface area contributed by atoms with Gasteiger partial charge in [0.2, 0.25) is 0 Å². The number of pyridine rings is 1. The van der Waals surface area contributed by atoms with E-state index >= 15 is 0 Å². The summed E-state index contributed by atoms with van der Waals surface area (Å²) >= 11 is 0. The van der Waals surface area contributed by atoms with Gasteiger partial charge >= 0.3 is 0 Å². The minimum absolute atomic E-state index is 0.118. The first-order valence-corrected chi connectivity index (χ1v) is 11.0. The van der Waals surface area contributed by atoms with E-state index in [0.717, 1.165) is 48.1 Å². The lowest BCUT2D eigenvalue weighted by Gasteiger charge is -2.33. The number of hydrogen-bond donors (Lipinski definition) is 1. The monoisotopic (exact) mass is 430 g/mol. The van der Waals surface area contributed by atoms with Crippen LogP contribution >= 0.6 is 0 Å². The second-order valence-electron chi connectivity index (χ2n) is 8.19. The molecular weight excluding hydrogens is 404 g/mol. The predicted octanol–water partition coefficient (Wildman–Crippen LogP) is 3.15. The van der Waals surface area contributed by atoms with E-state index in [0.29, 0.717) is 17.9 Å². The summed E-state index contributed by atoms with van der Waals surface area (Å²) in [5, 5.41) is 13.6. The first-order valence-electron chi connectivity index (χ1n) is 11.0. The Morgan fingerprint density at radius 1 is 1.06 bits per heavy atom. The Hall–Kier alpha value is -3.52. The molecule has 1 N–H and O–H groups in total. The van der Waals surface area contributed by atoms with Gasteiger partial charge in [0.1, 0.15) is 11.8 Å². The number of nitrogens with one attached hydrogen (secondary N) is 1. The Kier molecular flexibility index (Phi) is 5.68. The number of fused-ring (bicyclic) bond motifs is 1. The highest BCUT2D eigenvalue weighted by Gasteiger charge is 2.31. The zero-order valence-electron chi connectivity index (χ0n) is 18.1. The number of ether oxygens (including phenoxy) is 1. The third-order valence-corrected chi connectivity index (χ3v) is 6.11. The zero-order chi connectivity index (χ0) is 21.9. The number of tetrazole rings is 1. The predicted molar refractivity (Wildman–Crippen MR) is 122 cm³/mol. The van der Waals surface area contributed by atoms with Crippen molar-refractivity contribution in [2.24, 2.45) is 0 Å². The third kappa shape index (κ3) is 4.01. The van der Waals surface area contributed by atoms with E-state index in [1.165, 1.54) is 6.42 Å². The van der Waals surface area contributed by atoms with Gasteiger partial charge in [-0.1, -0.05) is 36.8 Å². The average molecular weight is 431 g/mol. The molecule has 2 aromatic heterocycles. The van der Waals surface area contributed by atoms with E-state index in [2.05, 4.69) is 37.5 Å². The molecule has 4 aromatic rings. The van der Waals surface area contributed by atoms with Gasteiger partial charge in [-0.3, -0.25) is 9.69 Å². The molecule has 0 aliphatic carbocycles. The van der Waals surface area contributed by atoms with Crippen LogP contribution < -0.4 is 10.3 Å². The molecule has 8 heteroatoms. The van der Waals surface area contributed by atoms with Crippen molar-refractivity contribution in [1.29, 1.82) is 0 Å². The average Bonchev–Trinajstić information content (AvgIpc) is 3.28. The van der Waals surface area contributed by atoms with Crippen LogP contribution in [0.25, 0.3) is 10.9 Å². The Balaban J connectivity index is 1.62. The third-order valence-electron chi connectivity index (χ3n) is 6.11. The molecule has 1 atom stereocenters. The molecule has 5 rings (SSSR count). The molecule has 2 aromatic carbocycles. The number of benzene rings is 2. The molecule has 0 spiro atoms. The first-order chi connectivity index (χ1) is 15.7. The van der Waals surface area contributed by atoms with Crippen LogP contribution in [0.1, 0.15) is 42.3 Å². The van der Waals surface area contributed by atoms with Crippen molar-refractivity contribution in [1.82, 2.24) is 30.1 Å². The molecule has 0 radical (unpaired) electrons. The number of methoxy groups -OCH3 is 1. The molecule has 0 amide bonds. The molecule has 32 heavy (non-hydrogen) atoms. The number of aromatic amines is 1. The highest BCUT2D eigenvalue weighted by atomic mass is 16.5. The number of piperidine rings is 1. The number of likely N-dealkylation sites (tertiary alicyclic amines) is 1. The molecule has 1 aliphatic rings. The summed E-state index contributed by atoms with van der Waals surface area (Å²) in [5.41, 5.74) is 2.42. The van der Waals surface area contributed by atoms with Crippen molar-refractivity contribution in [3.05, 3.63) is 81.9 Å². The van der Waals surface area contributed by atoms with E-state index in [1.54, 1.807) is 7.11 Å². The van der Waals surface area contributed by atoms with Crippen molar-refractivity contribution < 1.29 is 4.74 Å². The molecule has 0 saturated carbocycles. The second-order valence-corrected chi connectivity index (χ2v) is 8.19. The molecule has 0 bridgehead atoms. The normalized spacial score (nSPS) is 15.7. The van der Waals surface area contributed by atoms with Crippen LogP contribution in [-0.2, 0) is 6.54 Å². The van der Waals surface area contributed by atoms with E-state index in [4.69, 9.17) is 4.74 Å². The lowest BCUT2D eigenvalue weighted by Crippen LogP contribution is -2.38. The summed E-state index contributed by atoms with van der Waals surface area (Å²) < 4.78 is 7.20. The molecule has 8 nitrogen and oxygen atoms in total. The standard InChI is InChI=1S/C24H26N6O2/c1-32-19-10-11-21-18(14-19)15-20(24(31)25-21)22(29-12-6-3-7-13-29)23-26-27-28-30(23)16-17-8-4-2-5-9-17/h2,4-5,8-11,14-15,22H,3,6-7,12-13,16H2,1H3,(H,25,31)/t22-/m0/s1. The van der Waals surface area contributed by atoms with Crippen molar-refractivity contribution in [3.63, 3.8) is 0 Å². The van der Waals surface area contributed by atoms with Crippen LogP contribution in [0.5, 0.6) is 5.75 Å². The van der Waals surface area contributed by atoms with Gasteiger partial charge in [0.15, 0.2) is 5.82 Å². The highest BCUT2D eigenvalue weighted by Crippen LogP contribution is 2.30. The van der Waals surface area contributed by atoms with Gasteiger partial charge in [-0.2, -0.15) is 0 Å². The Bertz CT molecular complexity index is 1260. The molecular formula is C24H26N6O2. The van der Waals surface area contributed by atoms with Gasteiger partial charge in [0, 0.05) is 16.5 Å². The second kappa shape index (κ2) is 8.92. The van der Waals surface area contributed by atoms with E-state index < -0.39 is 0 Å². The van der Waals surface area contributed by atoms with Crippen LogP contribution in [0, 0.1) is 0 Å². The van der Waals surface area contributed by atoms with Crippen molar-refractivity contribution in [2.45, 2.75) is 31.8 Å². The van der Waals surface area contributed by atoms with Crippen LogP contribution in [0.4, 0.5) is 0 Å². The minimum atomic E-state index is -0.326. The molecule has 1 fully saturated rings. The van der Waals surface area contributed by atoms with Gasteiger partial charge in [-0.05, 0) is 66.2 Å². The quantitative estimate of drug-likeness (QED) is 0.506. The van der Waals surface area contributed by atoms with Gasteiger partial charge in [0.25, 0.3) is 5.56 Å². The maximum atomic E-state index is 13.2. The number of rotatable bonds is 6. The molecule has 3 heterocycles. The van der Waals surface area contributed by atoms with Gasteiger partial charge in [-0.25, -0.2) is 4.68 Å². The molecule has 164 valence electrons. The number of hydrogen-bond acceptors (Lipinski definition) is 6. The van der Waals surface area contributed by atoms with Crippen molar-refractivity contribution in [2.75, 3.05) is 20.2 Å². The first kappa shape index (κ1) is 20.4. The van der Waals surface area contributed by atoms with Gasteiger partial charge in [0.05, 0.1) is 13.7 Å². The largest absolute Gasteiger partial charge is 0.497 e. The topological polar surface area (TPSA) is 88.9 Å². The molecule has 0 unspecified atom stereocenters. The number of nitrogens with zero attached hydrogens (tertiary/aromatic N) is 5. The SMILES string of the molecule is COc1ccc2[nH]c(=O)c([C@@H](c3nnnn3Cc3ccccc3)N3CCCCC3)cc2c1. The van der Waals surface area contributed by atoms with Crippen LogP contribution in [0.2, 0.25) is 0 Å². The lowest BCUT2D eigenvalue weighted by molar-refractivity contribution is 0.177. The fourth-order valence-corrected chi connectivity index (χ4v) is 4.48. The maximum absolute atomic E-state index is 13.2. The Morgan fingerprint density at radius 3 is 2.66 bits per heavy atom. The number of H-pyrrole nitrogens is 1. The Morgan fingerprint density at radius 2 is 1.88 bits per heavy atom. The zero-order valence-corrected chi connectivity index (χ0v) is 18.1. The maximum Gasteiger partial charge on any atom is 0.253 e. The summed E-state index contributed by atoms with van der Waals surface area (Å²) in [6.45, 7) is 2.35. The summed E-state index contributed by atoms with van der Waals surface area (Å²) in [4.78, 5) is 18.6. The van der Waals surface area contributed by atoms with E-state index in [-0.39, 0.29) is 11.6 Å². The Labute approximate surface area is 185 Å². The molecule has 1 saturated heterocycles. The minimum Gasteiger partial charge on any atom is -0.497 e. The van der Waals surface area contributed by atoms with Gasteiger partial charge < -0.3 is 9.72 Å². The summed E-state index contributed by atoms with van der Waals surface area (Å²) in [6.07, 6.45) is 3.38. The van der Waals surface area contributed by atoms with Crippen LogP contribution in [-0.4, -0.2) is 50.3 Å². The van der Waals surface area contributed by atoms with E-state index in [1.807, 2.05) is 47.1 Å². The summed E-state index contributed by atoms with van der Waals surface area (Å²) in [7, 11) is 1.64. The van der Waals surface area contributed by atoms with Crippen LogP contribution in [0.3, 0.4) is 0 Å². The fraction of sp³-hybridized carbons (Fsp3) is 0.333. The van der Waals surface area contributed by atoms with Gasteiger partial charge in [-0.15, -0.1) is 5.10 Å². The van der Waals surface area contributed by atoms with Crippen molar-refractivity contribution >= 4 is 10.9 Å². The van der Waals surface area contributed by atoms with Crippen LogP contribution in [0.15, 0.2) is 59.4 Å². The lowest BCUT2D eigenvalue weighted by atomic mass is 10.0. The van der Waals surface area contributed by atoms with E-state index in [9.17, 15) is 4.79 Å². The number of aromatic nitrogens is 5. The van der Waals surface area contributed by atoms with Crippen molar-refractivity contribution in [3.8, 4) is 5.75 Å².